The van der Waals surface area contributed by atoms with Gasteiger partial charge in [-0.3, -0.25) is 4.90 Å². The van der Waals surface area contributed by atoms with E-state index in [9.17, 15) is 0 Å². The van der Waals surface area contributed by atoms with Gasteiger partial charge < -0.3 is 4.90 Å². The zero-order chi connectivity index (χ0) is 10.1. The van der Waals surface area contributed by atoms with Crippen molar-refractivity contribution in [2.24, 2.45) is 0 Å². The van der Waals surface area contributed by atoms with Crippen LogP contribution in [0.3, 0.4) is 0 Å². The van der Waals surface area contributed by atoms with Gasteiger partial charge in [0.1, 0.15) is 0 Å². The van der Waals surface area contributed by atoms with Crippen molar-refractivity contribution in [3.05, 3.63) is 0 Å². The van der Waals surface area contributed by atoms with Gasteiger partial charge in [-0.05, 0) is 53.1 Å². The first-order chi connectivity index (χ1) is 6.68. The first-order valence-electron chi connectivity index (χ1n) is 6.14. The fraction of sp³-hybridized carbons (Fsp3) is 1.00. The molecule has 2 aliphatic heterocycles. The molecule has 2 nitrogen and oxygen atoms in total. The highest BCUT2D eigenvalue weighted by molar-refractivity contribution is 4.87. The first kappa shape index (κ1) is 10.4. The van der Waals surface area contributed by atoms with Crippen LogP contribution in [-0.2, 0) is 0 Å². The van der Waals surface area contributed by atoms with Crippen LogP contribution in [0.4, 0.5) is 0 Å². The minimum absolute atomic E-state index is 0.738. The number of hydrogen-bond donors (Lipinski definition) is 0. The van der Waals surface area contributed by atoms with Gasteiger partial charge in [0.15, 0.2) is 0 Å². The van der Waals surface area contributed by atoms with Crippen molar-refractivity contribution in [1.82, 2.24) is 9.80 Å². The van der Waals surface area contributed by atoms with E-state index < -0.39 is 0 Å². The van der Waals surface area contributed by atoms with E-state index in [0.29, 0.717) is 0 Å². The lowest BCUT2D eigenvalue weighted by atomic mass is 10.1. The Kier molecular flexibility index (Phi) is 3.13. The second-order valence-corrected chi connectivity index (χ2v) is 5.27. The van der Waals surface area contributed by atoms with Gasteiger partial charge in [0, 0.05) is 24.7 Å². The maximum Gasteiger partial charge on any atom is 0.0111 e. The summed E-state index contributed by atoms with van der Waals surface area (Å²) in [5, 5.41) is 0. The van der Waals surface area contributed by atoms with Crippen molar-refractivity contribution in [2.45, 2.75) is 57.7 Å². The SMILES string of the molecule is CC(C)N1CCC2CCC1CCN2C. The van der Waals surface area contributed by atoms with E-state index in [2.05, 4.69) is 30.7 Å². The van der Waals surface area contributed by atoms with Gasteiger partial charge in [-0.1, -0.05) is 0 Å². The molecule has 2 unspecified atom stereocenters. The Morgan fingerprint density at radius 2 is 1.57 bits per heavy atom. The Morgan fingerprint density at radius 3 is 2.29 bits per heavy atom. The molecule has 2 rings (SSSR count). The highest BCUT2D eigenvalue weighted by Gasteiger charge is 2.31. The smallest absolute Gasteiger partial charge is 0.0111 e. The van der Waals surface area contributed by atoms with Crippen LogP contribution in [0.1, 0.15) is 39.5 Å². The van der Waals surface area contributed by atoms with Gasteiger partial charge >= 0.3 is 0 Å². The van der Waals surface area contributed by atoms with Crippen LogP contribution in [0, 0.1) is 0 Å². The van der Waals surface area contributed by atoms with Crippen LogP contribution >= 0.6 is 0 Å². The van der Waals surface area contributed by atoms with Gasteiger partial charge in [0.05, 0.1) is 0 Å². The quantitative estimate of drug-likeness (QED) is 0.632. The van der Waals surface area contributed by atoms with E-state index in [-0.39, 0.29) is 0 Å². The molecule has 2 heterocycles. The number of rotatable bonds is 1. The van der Waals surface area contributed by atoms with E-state index in [1.165, 1.54) is 38.8 Å². The molecule has 0 N–H and O–H groups in total. The highest BCUT2D eigenvalue weighted by Crippen LogP contribution is 2.27. The Bertz CT molecular complexity index is 189. The van der Waals surface area contributed by atoms with Gasteiger partial charge in [-0.15, -0.1) is 0 Å². The highest BCUT2D eigenvalue weighted by atomic mass is 15.2. The fourth-order valence-electron chi connectivity index (χ4n) is 3.14. The fourth-order valence-corrected chi connectivity index (χ4v) is 3.14. The van der Waals surface area contributed by atoms with Crippen LogP contribution in [0.25, 0.3) is 0 Å². The standard InChI is InChI=1S/C12H24N2/c1-10(2)14-9-7-11-4-5-12(14)6-8-13(11)3/h10-12H,4-9H2,1-3H3. The molecule has 82 valence electrons. The summed E-state index contributed by atoms with van der Waals surface area (Å²) in [7, 11) is 2.30. The molecule has 0 aromatic heterocycles. The first-order valence-corrected chi connectivity index (χ1v) is 6.14. The molecule has 2 atom stereocenters. The summed E-state index contributed by atoms with van der Waals surface area (Å²) in [6.07, 6.45) is 5.61. The molecule has 0 aliphatic carbocycles. The maximum absolute atomic E-state index is 2.73. The van der Waals surface area contributed by atoms with Crippen molar-refractivity contribution >= 4 is 0 Å². The number of hydrogen-bond acceptors (Lipinski definition) is 2. The number of nitrogens with zero attached hydrogens (tertiary/aromatic N) is 2. The second-order valence-electron chi connectivity index (χ2n) is 5.27. The molecule has 0 spiro atoms. The summed E-state index contributed by atoms with van der Waals surface area (Å²) in [4.78, 5) is 5.31. The number of likely N-dealkylation sites (tertiary alicyclic amines) is 2. The van der Waals surface area contributed by atoms with Gasteiger partial charge in [-0.25, -0.2) is 0 Å². The predicted molar refractivity (Wildman–Crippen MR) is 60.5 cm³/mol. The predicted octanol–water partition coefficient (Wildman–Crippen LogP) is 1.95. The third kappa shape index (κ3) is 1.96. The van der Waals surface area contributed by atoms with E-state index >= 15 is 0 Å². The average Bonchev–Trinajstić information content (AvgIpc) is 2.42. The normalized spacial score (nSPS) is 36.0. The minimum Gasteiger partial charge on any atom is -0.303 e. The third-order valence-electron chi connectivity index (χ3n) is 4.12. The van der Waals surface area contributed by atoms with Crippen molar-refractivity contribution < 1.29 is 0 Å². The lowest BCUT2D eigenvalue weighted by Gasteiger charge is -2.36. The largest absolute Gasteiger partial charge is 0.303 e. The molecule has 0 saturated carbocycles. The van der Waals surface area contributed by atoms with Gasteiger partial charge in [0.2, 0.25) is 0 Å². The van der Waals surface area contributed by atoms with Crippen molar-refractivity contribution in [3.8, 4) is 0 Å². The molecule has 0 aromatic rings. The summed E-state index contributed by atoms with van der Waals surface area (Å²) < 4.78 is 0. The molecule has 2 saturated heterocycles. The van der Waals surface area contributed by atoms with Crippen LogP contribution in [-0.4, -0.2) is 48.1 Å². The summed E-state index contributed by atoms with van der Waals surface area (Å²) >= 11 is 0. The minimum atomic E-state index is 0.738. The molecule has 0 amide bonds. The lowest BCUT2D eigenvalue weighted by molar-refractivity contribution is 0.117. The van der Waals surface area contributed by atoms with Crippen LogP contribution < -0.4 is 0 Å². The van der Waals surface area contributed by atoms with E-state index in [0.717, 1.165) is 18.1 Å². The van der Waals surface area contributed by atoms with Crippen LogP contribution in [0.15, 0.2) is 0 Å². The van der Waals surface area contributed by atoms with E-state index in [1.807, 2.05) is 0 Å². The lowest BCUT2D eigenvalue weighted by Crippen LogP contribution is -2.44. The van der Waals surface area contributed by atoms with Gasteiger partial charge in [-0.2, -0.15) is 0 Å². The summed E-state index contributed by atoms with van der Waals surface area (Å²) in [5.74, 6) is 0. The number of fused-ring (bicyclic) bond motifs is 3. The summed E-state index contributed by atoms with van der Waals surface area (Å²) in [5.41, 5.74) is 0. The molecule has 2 aliphatic rings. The van der Waals surface area contributed by atoms with Crippen molar-refractivity contribution in [2.75, 3.05) is 20.1 Å². The Labute approximate surface area is 88.3 Å². The van der Waals surface area contributed by atoms with Gasteiger partial charge in [0.25, 0.3) is 0 Å². The zero-order valence-corrected chi connectivity index (χ0v) is 9.87. The Morgan fingerprint density at radius 1 is 0.929 bits per heavy atom. The van der Waals surface area contributed by atoms with E-state index in [4.69, 9.17) is 0 Å². The summed E-state index contributed by atoms with van der Waals surface area (Å²) in [6.45, 7) is 7.31. The average molecular weight is 196 g/mol. The molecule has 14 heavy (non-hydrogen) atoms. The molecule has 2 heteroatoms. The Balaban J connectivity index is 2.08. The van der Waals surface area contributed by atoms with Crippen molar-refractivity contribution in [3.63, 3.8) is 0 Å². The van der Waals surface area contributed by atoms with Crippen molar-refractivity contribution in [1.29, 1.82) is 0 Å². The van der Waals surface area contributed by atoms with Crippen LogP contribution in [0.2, 0.25) is 0 Å². The third-order valence-corrected chi connectivity index (χ3v) is 4.12. The monoisotopic (exact) mass is 196 g/mol. The molecule has 0 aromatic carbocycles. The van der Waals surface area contributed by atoms with E-state index in [1.54, 1.807) is 0 Å². The summed E-state index contributed by atoms with van der Waals surface area (Å²) in [6, 6.07) is 2.47. The molecule has 2 bridgehead atoms. The molecule has 2 fully saturated rings. The molecule has 0 radical (unpaired) electrons. The topological polar surface area (TPSA) is 6.48 Å². The molecular formula is C12H24N2. The van der Waals surface area contributed by atoms with Crippen LogP contribution in [0.5, 0.6) is 0 Å². The molecular weight excluding hydrogens is 172 g/mol. The Hall–Kier alpha value is -0.0800. The second kappa shape index (κ2) is 4.19. The maximum atomic E-state index is 2.73. The zero-order valence-electron chi connectivity index (χ0n) is 9.87.